The van der Waals surface area contributed by atoms with Gasteiger partial charge in [0.05, 0.1) is 13.1 Å². The Hall–Kier alpha value is -2.32. The van der Waals surface area contributed by atoms with Gasteiger partial charge in [-0.2, -0.15) is 0 Å². The molecule has 5 heteroatoms. The molecule has 0 saturated carbocycles. The van der Waals surface area contributed by atoms with E-state index in [9.17, 15) is 9.59 Å². The van der Waals surface area contributed by atoms with Gasteiger partial charge in [0.15, 0.2) is 0 Å². The number of nitrogens with one attached hydrogen (secondary N) is 2. The predicted octanol–water partition coefficient (Wildman–Crippen LogP) is 0.171. The molecule has 0 radical (unpaired) electrons. The second kappa shape index (κ2) is 7.97. The van der Waals surface area contributed by atoms with E-state index in [1.807, 2.05) is 13.8 Å². The third-order valence-electron chi connectivity index (χ3n) is 2.60. The normalized spacial score (nSPS) is 9.35. The Bertz CT molecular complexity index is 556. The van der Waals surface area contributed by atoms with Crippen molar-refractivity contribution >= 4 is 11.8 Å². The first kappa shape index (κ1) is 15.7. The van der Waals surface area contributed by atoms with E-state index in [1.165, 1.54) is 0 Å². The Labute approximate surface area is 118 Å². The summed E-state index contributed by atoms with van der Waals surface area (Å²) >= 11 is 0. The molecular weight excluding hydrogens is 254 g/mol. The number of hydrogen-bond acceptors (Lipinski definition) is 3. The molecule has 4 N–H and O–H groups in total. The van der Waals surface area contributed by atoms with Gasteiger partial charge in [-0.25, -0.2) is 0 Å². The maximum absolute atomic E-state index is 11.9. The van der Waals surface area contributed by atoms with Gasteiger partial charge in [0.2, 0.25) is 5.91 Å². The predicted molar refractivity (Wildman–Crippen MR) is 78.1 cm³/mol. The highest BCUT2D eigenvalue weighted by Crippen LogP contribution is 2.10. The monoisotopic (exact) mass is 273 g/mol. The van der Waals surface area contributed by atoms with Crippen LogP contribution in [-0.4, -0.2) is 31.4 Å². The summed E-state index contributed by atoms with van der Waals surface area (Å²) < 4.78 is 0. The van der Waals surface area contributed by atoms with Gasteiger partial charge in [0.1, 0.15) is 0 Å². The second-order valence-corrected chi connectivity index (χ2v) is 4.17. The van der Waals surface area contributed by atoms with Gasteiger partial charge >= 0.3 is 0 Å². The average molecular weight is 273 g/mol. The summed E-state index contributed by atoms with van der Waals surface area (Å²) in [6.07, 6.45) is 0. The van der Waals surface area contributed by atoms with Gasteiger partial charge in [0.25, 0.3) is 5.91 Å². The minimum atomic E-state index is -0.280. The van der Waals surface area contributed by atoms with Gasteiger partial charge in [-0.3, -0.25) is 9.59 Å². The molecule has 106 valence electrons. The average Bonchev–Trinajstić information content (AvgIpc) is 2.43. The molecule has 1 aromatic rings. The van der Waals surface area contributed by atoms with E-state index in [1.54, 1.807) is 18.2 Å². The van der Waals surface area contributed by atoms with Crippen LogP contribution in [0, 0.1) is 18.8 Å². The van der Waals surface area contributed by atoms with Crippen LogP contribution in [0.4, 0.5) is 0 Å². The Morgan fingerprint density at radius 2 is 2.05 bits per heavy atom. The lowest BCUT2D eigenvalue weighted by molar-refractivity contribution is -0.120. The van der Waals surface area contributed by atoms with E-state index in [0.29, 0.717) is 18.7 Å². The third-order valence-corrected chi connectivity index (χ3v) is 2.60. The van der Waals surface area contributed by atoms with Gasteiger partial charge in [-0.1, -0.05) is 11.8 Å². The summed E-state index contributed by atoms with van der Waals surface area (Å²) in [6, 6.07) is 5.20. The maximum atomic E-state index is 11.9. The molecular formula is C15H19N3O2. The molecule has 2 amide bonds. The smallest absolute Gasteiger partial charge is 0.251 e. The van der Waals surface area contributed by atoms with E-state index < -0.39 is 0 Å². The van der Waals surface area contributed by atoms with Gasteiger partial charge in [-0.05, 0) is 37.6 Å². The highest BCUT2D eigenvalue weighted by molar-refractivity contribution is 5.96. The second-order valence-electron chi connectivity index (χ2n) is 4.17. The first-order valence-electron chi connectivity index (χ1n) is 6.43. The van der Waals surface area contributed by atoms with E-state index in [4.69, 9.17) is 5.73 Å². The van der Waals surface area contributed by atoms with E-state index >= 15 is 0 Å². The van der Waals surface area contributed by atoms with Crippen LogP contribution in [0.15, 0.2) is 18.2 Å². The fourth-order valence-electron chi connectivity index (χ4n) is 1.61. The number of carbonyl (C=O) groups excluding carboxylic acids is 2. The molecule has 0 aliphatic carbocycles. The van der Waals surface area contributed by atoms with Crippen LogP contribution in [-0.2, 0) is 4.79 Å². The number of amides is 2. The van der Waals surface area contributed by atoms with E-state index in [-0.39, 0.29) is 18.4 Å². The zero-order valence-electron chi connectivity index (χ0n) is 11.7. The lowest BCUT2D eigenvalue weighted by atomic mass is 10.0. The Morgan fingerprint density at radius 3 is 2.65 bits per heavy atom. The summed E-state index contributed by atoms with van der Waals surface area (Å²) in [6.45, 7) is 4.52. The quantitative estimate of drug-likeness (QED) is 0.684. The Balaban J connectivity index is 2.70. The summed E-state index contributed by atoms with van der Waals surface area (Å²) in [4.78, 5) is 23.1. The molecule has 0 atom stereocenters. The topological polar surface area (TPSA) is 84.2 Å². The van der Waals surface area contributed by atoms with Crippen molar-refractivity contribution in [3.63, 3.8) is 0 Å². The maximum Gasteiger partial charge on any atom is 0.251 e. The molecule has 0 saturated heterocycles. The number of aryl methyl sites for hydroxylation is 1. The standard InChI is InChI=1S/C15H19N3O2/c1-3-17-14(19)10-18-15(20)13-7-6-12(5-4-8-16)11(2)9-13/h6-7,9H,3,8,10,16H2,1-2H3,(H,17,19)(H,18,20). The molecule has 1 rings (SSSR count). The fraction of sp³-hybridized carbons (Fsp3) is 0.333. The van der Waals surface area contributed by atoms with E-state index in [0.717, 1.165) is 11.1 Å². The summed E-state index contributed by atoms with van der Waals surface area (Å²) in [5, 5.41) is 5.18. The van der Waals surface area contributed by atoms with Crippen molar-refractivity contribution in [2.24, 2.45) is 5.73 Å². The van der Waals surface area contributed by atoms with Crippen molar-refractivity contribution in [1.82, 2.24) is 10.6 Å². The lowest BCUT2D eigenvalue weighted by Gasteiger charge is -2.07. The zero-order valence-corrected chi connectivity index (χ0v) is 11.7. The van der Waals surface area contributed by atoms with E-state index in [2.05, 4.69) is 22.5 Å². The molecule has 1 aromatic carbocycles. The molecule has 20 heavy (non-hydrogen) atoms. The minimum absolute atomic E-state index is 0.0273. The number of nitrogens with two attached hydrogens (primary N) is 1. The minimum Gasteiger partial charge on any atom is -0.355 e. The summed E-state index contributed by atoms with van der Waals surface area (Å²) in [7, 11) is 0. The fourth-order valence-corrected chi connectivity index (χ4v) is 1.61. The van der Waals surface area contributed by atoms with Crippen molar-refractivity contribution < 1.29 is 9.59 Å². The lowest BCUT2D eigenvalue weighted by Crippen LogP contribution is -2.36. The van der Waals surface area contributed by atoms with Crippen molar-refractivity contribution in [3.8, 4) is 11.8 Å². The van der Waals surface area contributed by atoms with Crippen LogP contribution in [0.1, 0.15) is 28.4 Å². The SMILES string of the molecule is CCNC(=O)CNC(=O)c1ccc(C#CCN)c(C)c1. The van der Waals surface area contributed by atoms with Crippen LogP contribution in [0.3, 0.4) is 0 Å². The largest absolute Gasteiger partial charge is 0.355 e. The first-order valence-corrected chi connectivity index (χ1v) is 6.43. The highest BCUT2D eigenvalue weighted by atomic mass is 16.2. The van der Waals surface area contributed by atoms with Gasteiger partial charge in [-0.15, -0.1) is 0 Å². The molecule has 0 unspecified atom stereocenters. The summed E-state index contributed by atoms with van der Waals surface area (Å²) in [5.74, 6) is 5.22. The van der Waals surface area contributed by atoms with Crippen LogP contribution in [0.2, 0.25) is 0 Å². The van der Waals surface area contributed by atoms with Crippen LogP contribution >= 0.6 is 0 Å². The Morgan fingerprint density at radius 1 is 1.30 bits per heavy atom. The highest BCUT2D eigenvalue weighted by Gasteiger charge is 2.08. The molecule has 0 heterocycles. The van der Waals surface area contributed by atoms with Crippen molar-refractivity contribution in [2.45, 2.75) is 13.8 Å². The molecule has 5 nitrogen and oxygen atoms in total. The number of carbonyl (C=O) groups is 2. The molecule has 0 bridgehead atoms. The molecule has 0 aliphatic rings. The van der Waals surface area contributed by atoms with Crippen molar-refractivity contribution in [3.05, 3.63) is 34.9 Å². The molecule has 0 spiro atoms. The van der Waals surface area contributed by atoms with Crippen molar-refractivity contribution in [2.75, 3.05) is 19.6 Å². The van der Waals surface area contributed by atoms with Gasteiger partial charge in [0, 0.05) is 17.7 Å². The van der Waals surface area contributed by atoms with Gasteiger partial charge < -0.3 is 16.4 Å². The number of benzene rings is 1. The first-order chi connectivity index (χ1) is 9.58. The van der Waals surface area contributed by atoms with Crippen LogP contribution in [0.25, 0.3) is 0 Å². The molecule has 0 aromatic heterocycles. The van der Waals surface area contributed by atoms with Crippen LogP contribution in [0.5, 0.6) is 0 Å². The molecule has 0 fully saturated rings. The number of likely N-dealkylation sites (N-methyl/N-ethyl adjacent to an activating group) is 1. The number of rotatable bonds is 4. The Kier molecular flexibility index (Phi) is 6.27. The number of hydrogen-bond donors (Lipinski definition) is 3. The third kappa shape index (κ3) is 4.75. The zero-order chi connectivity index (χ0) is 15.0. The van der Waals surface area contributed by atoms with Crippen LogP contribution < -0.4 is 16.4 Å². The summed E-state index contributed by atoms with van der Waals surface area (Å²) in [5.41, 5.74) is 7.57. The molecule has 0 aliphatic heterocycles. The van der Waals surface area contributed by atoms with Crippen molar-refractivity contribution in [1.29, 1.82) is 0 Å².